The molecule has 0 aliphatic rings. The maximum atomic E-state index is 10.3. The molecule has 1 rings (SSSR count). The van der Waals surface area contributed by atoms with Gasteiger partial charge in [0.15, 0.2) is 0 Å². The largest absolute Gasteiger partial charge is 0.285 e. The van der Waals surface area contributed by atoms with E-state index >= 15 is 0 Å². The number of benzene rings is 1. The lowest BCUT2D eigenvalue weighted by atomic mass is 10.0. The summed E-state index contributed by atoms with van der Waals surface area (Å²) in [4.78, 5) is 10.3. The highest BCUT2D eigenvalue weighted by Crippen LogP contribution is 2.09. The highest BCUT2D eigenvalue weighted by molar-refractivity contribution is 5.75. The van der Waals surface area contributed by atoms with E-state index in [2.05, 4.69) is 6.92 Å². The Labute approximate surface area is 92.5 Å². The average molecular weight is 203 g/mol. The molecule has 1 heteroatoms. The minimum Gasteiger partial charge on any atom is -0.285 e. The van der Waals surface area contributed by atoms with Crippen LogP contribution in [0.15, 0.2) is 24.3 Å². The van der Waals surface area contributed by atoms with Crippen LogP contribution >= 0.6 is 0 Å². The van der Waals surface area contributed by atoms with E-state index < -0.39 is 0 Å². The Morgan fingerprint density at radius 1 is 1.00 bits per heavy atom. The van der Waals surface area contributed by atoms with E-state index in [-0.39, 0.29) is 0 Å². The average Bonchev–Trinajstić information content (AvgIpc) is 2.30. The standard InChI is InChI=1S/C14H19O/c1-2-3-4-5-6-7-13-8-10-14(12-15)11-9-13/h8-11H,2-7H2,1H3. The topological polar surface area (TPSA) is 17.1 Å². The second kappa shape index (κ2) is 7.22. The van der Waals surface area contributed by atoms with Crippen molar-refractivity contribution >= 4 is 6.29 Å². The molecule has 0 atom stereocenters. The molecule has 0 aromatic heterocycles. The first-order valence-corrected chi connectivity index (χ1v) is 5.84. The second-order valence-corrected chi connectivity index (χ2v) is 3.96. The summed E-state index contributed by atoms with van der Waals surface area (Å²) in [5.74, 6) is 0. The number of hydrogen-bond donors (Lipinski definition) is 0. The van der Waals surface area contributed by atoms with Gasteiger partial charge in [0.1, 0.15) is 0 Å². The van der Waals surface area contributed by atoms with Crippen LogP contribution in [0.1, 0.15) is 50.2 Å². The fourth-order valence-corrected chi connectivity index (χ4v) is 1.67. The highest BCUT2D eigenvalue weighted by Gasteiger charge is 1.95. The molecule has 0 bridgehead atoms. The van der Waals surface area contributed by atoms with Gasteiger partial charge in [0.05, 0.1) is 0 Å². The summed E-state index contributed by atoms with van der Waals surface area (Å²) in [6.07, 6.45) is 9.57. The molecule has 0 aliphatic heterocycles. The SMILES string of the molecule is CCCCCCCc1ccc([C]=O)cc1. The predicted molar refractivity (Wildman–Crippen MR) is 63.7 cm³/mol. The minimum absolute atomic E-state index is 0.643. The van der Waals surface area contributed by atoms with Crippen molar-refractivity contribution < 1.29 is 4.79 Å². The van der Waals surface area contributed by atoms with E-state index in [0.717, 1.165) is 6.42 Å². The van der Waals surface area contributed by atoms with Crippen LogP contribution < -0.4 is 0 Å². The number of unbranched alkanes of at least 4 members (excludes halogenated alkanes) is 4. The monoisotopic (exact) mass is 203 g/mol. The fraction of sp³-hybridized carbons (Fsp3) is 0.500. The molecule has 1 aromatic rings. The van der Waals surface area contributed by atoms with Gasteiger partial charge in [-0.2, -0.15) is 0 Å². The van der Waals surface area contributed by atoms with Gasteiger partial charge in [-0.25, -0.2) is 0 Å². The van der Waals surface area contributed by atoms with Gasteiger partial charge in [0.2, 0.25) is 6.29 Å². The molecule has 0 N–H and O–H groups in total. The Hall–Kier alpha value is -1.11. The van der Waals surface area contributed by atoms with Crippen LogP contribution in [-0.4, -0.2) is 6.29 Å². The van der Waals surface area contributed by atoms with Gasteiger partial charge in [-0.1, -0.05) is 56.9 Å². The molecule has 81 valence electrons. The van der Waals surface area contributed by atoms with E-state index in [4.69, 9.17) is 0 Å². The fourth-order valence-electron chi connectivity index (χ4n) is 1.67. The Morgan fingerprint density at radius 3 is 2.27 bits per heavy atom. The molecule has 1 aromatic carbocycles. The lowest BCUT2D eigenvalue weighted by Gasteiger charge is -2.01. The van der Waals surface area contributed by atoms with Crippen molar-refractivity contribution in [1.29, 1.82) is 0 Å². The molecule has 0 aliphatic carbocycles. The summed E-state index contributed by atoms with van der Waals surface area (Å²) >= 11 is 0. The molecular formula is C14H19O. The molecule has 0 heterocycles. The van der Waals surface area contributed by atoms with Crippen LogP contribution in [0, 0.1) is 0 Å². The zero-order valence-corrected chi connectivity index (χ0v) is 9.46. The highest BCUT2D eigenvalue weighted by atomic mass is 16.1. The summed E-state index contributed by atoms with van der Waals surface area (Å²) in [6, 6.07) is 7.74. The van der Waals surface area contributed by atoms with Crippen molar-refractivity contribution in [3.05, 3.63) is 35.4 Å². The summed E-state index contributed by atoms with van der Waals surface area (Å²) in [6.45, 7) is 2.23. The molecule has 0 spiro atoms. The van der Waals surface area contributed by atoms with Crippen LogP contribution in [-0.2, 0) is 11.2 Å². The van der Waals surface area contributed by atoms with Crippen molar-refractivity contribution in [2.24, 2.45) is 0 Å². The first-order chi connectivity index (χ1) is 7.36. The van der Waals surface area contributed by atoms with Gasteiger partial charge >= 0.3 is 0 Å². The Kier molecular flexibility index (Phi) is 5.76. The van der Waals surface area contributed by atoms with Gasteiger partial charge in [0.25, 0.3) is 0 Å². The van der Waals surface area contributed by atoms with Gasteiger partial charge in [-0.05, 0) is 18.4 Å². The summed E-state index contributed by atoms with van der Waals surface area (Å²) in [7, 11) is 0. The van der Waals surface area contributed by atoms with Gasteiger partial charge in [-0.15, -0.1) is 0 Å². The smallest absolute Gasteiger partial charge is 0.233 e. The normalized spacial score (nSPS) is 10.2. The molecule has 1 nitrogen and oxygen atoms in total. The van der Waals surface area contributed by atoms with Crippen molar-refractivity contribution in [2.75, 3.05) is 0 Å². The third kappa shape index (κ3) is 4.78. The van der Waals surface area contributed by atoms with E-state index in [1.807, 2.05) is 30.6 Å². The third-order valence-corrected chi connectivity index (χ3v) is 2.64. The van der Waals surface area contributed by atoms with Crippen molar-refractivity contribution in [3.8, 4) is 0 Å². The van der Waals surface area contributed by atoms with Gasteiger partial charge in [0, 0.05) is 5.56 Å². The summed E-state index contributed by atoms with van der Waals surface area (Å²) in [5.41, 5.74) is 1.97. The lowest BCUT2D eigenvalue weighted by molar-refractivity contribution is 0.562. The maximum absolute atomic E-state index is 10.3. The quantitative estimate of drug-likeness (QED) is 0.618. The molecule has 0 amide bonds. The molecule has 0 unspecified atom stereocenters. The van der Waals surface area contributed by atoms with E-state index in [9.17, 15) is 4.79 Å². The van der Waals surface area contributed by atoms with E-state index in [0.29, 0.717) is 5.56 Å². The van der Waals surface area contributed by atoms with Crippen molar-refractivity contribution in [1.82, 2.24) is 0 Å². The molecule has 0 saturated heterocycles. The molecule has 15 heavy (non-hydrogen) atoms. The molecule has 0 saturated carbocycles. The van der Waals surface area contributed by atoms with Crippen LogP contribution in [0.3, 0.4) is 0 Å². The van der Waals surface area contributed by atoms with Gasteiger partial charge < -0.3 is 0 Å². The maximum Gasteiger partial charge on any atom is 0.233 e. The Morgan fingerprint density at radius 2 is 1.67 bits per heavy atom. The zero-order chi connectivity index (χ0) is 10.9. The summed E-state index contributed by atoms with van der Waals surface area (Å²) < 4.78 is 0. The number of aryl methyl sites for hydroxylation is 1. The van der Waals surface area contributed by atoms with Crippen molar-refractivity contribution in [3.63, 3.8) is 0 Å². The molecule has 1 radical (unpaired) electrons. The van der Waals surface area contributed by atoms with Crippen LogP contribution in [0.4, 0.5) is 0 Å². The first-order valence-electron chi connectivity index (χ1n) is 5.84. The lowest BCUT2D eigenvalue weighted by Crippen LogP contribution is -1.87. The second-order valence-electron chi connectivity index (χ2n) is 3.96. The number of carbonyl (C=O) groups excluding carboxylic acids is 1. The Balaban J connectivity index is 2.22. The van der Waals surface area contributed by atoms with E-state index in [1.165, 1.54) is 37.7 Å². The van der Waals surface area contributed by atoms with Crippen LogP contribution in [0.25, 0.3) is 0 Å². The van der Waals surface area contributed by atoms with Crippen LogP contribution in [0.5, 0.6) is 0 Å². The van der Waals surface area contributed by atoms with Crippen LogP contribution in [0.2, 0.25) is 0 Å². The molecular weight excluding hydrogens is 184 g/mol. The molecule has 0 fully saturated rings. The third-order valence-electron chi connectivity index (χ3n) is 2.64. The predicted octanol–water partition coefficient (Wildman–Crippen LogP) is 3.66. The number of rotatable bonds is 7. The number of hydrogen-bond acceptors (Lipinski definition) is 1. The summed E-state index contributed by atoms with van der Waals surface area (Å²) in [5, 5.41) is 0. The zero-order valence-electron chi connectivity index (χ0n) is 9.46. The van der Waals surface area contributed by atoms with Gasteiger partial charge in [-0.3, -0.25) is 4.79 Å². The Bertz CT molecular complexity index is 274. The van der Waals surface area contributed by atoms with E-state index in [1.54, 1.807) is 0 Å². The minimum atomic E-state index is 0.643. The van der Waals surface area contributed by atoms with Crippen molar-refractivity contribution in [2.45, 2.75) is 45.4 Å². The first kappa shape index (κ1) is 12.0.